The monoisotopic (exact) mass is 506 g/mol. The van der Waals surface area contributed by atoms with Crippen molar-refractivity contribution in [1.82, 2.24) is 4.98 Å². The molecule has 1 amide bonds. The van der Waals surface area contributed by atoms with Crippen LogP contribution >= 0.6 is 11.6 Å². The largest absolute Gasteiger partial charge is 1.00 e. The van der Waals surface area contributed by atoms with E-state index in [4.69, 9.17) is 11.6 Å². The van der Waals surface area contributed by atoms with Crippen LogP contribution < -0.4 is 28.2 Å². The van der Waals surface area contributed by atoms with Crippen molar-refractivity contribution >= 4 is 39.8 Å². The Balaban J connectivity index is 0.00000289. The lowest BCUT2D eigenvalue weighted by molar-refractivity contribution is -0.120. The molecule has 2 N–H and O–H groups in total. The maximum atomic E-state index is 13.4. The molecule has 180 valence electrons. The van der Waals surface area contributed by atoms with Crippen molar-refractivity contribution in [2.75, 3.05) is 23.3 Å². The molecule has 1 aromatic heterocycles. The maximum Gasteiger partial charge on any atom is 0.272 e. The number of hydrogen-bond acceptors (Lipinski definition) is 3. The van der Waals surface area contributed by atoms with Crippen molar-refractivity contribution in [3.05, 3.63) is 93.7 Å². The molecule has 1 unspecified atom stereocenters. The molecule has 3 aromatic carbocycles. The third-order valence-electron chi connectivity index (χ3n) is 6.44. The van der Waals surface area contributed by atoms with Gasteiger partial charge in [0.2, 0.25) is 5.91 Å². The summed E-state index contributed by atoms with van der Waals surface area (Å²) < 4.78 is 0. The Bertz CT molecular complexity index is 1400. The highest BCUT2D eigenvalue weighted by molar-refractivity contribution is 6.31. The quantitative estimate of drug-likeness (QED) is 0.447. The van der Waals surface area contributed by atoms with Crippen LogP contribution in [0.15, 0.2) is 77.6 Å². The number of amides is 1. The van der Waals surface area contributed by atoms with E-state index < -0.39 is 0 Å². The second kappa shape index (κ2) is 10.5. The number of H-pyrrole nitrogens is 1. The van der Waals surface area contributed by atoms with E-state index >= 15 is 0 Å². The van der Waals surface area contributed by atoms with Crippen LogP contribution in [0.25, 0.3) is 22.0 Å². The van der Waals surface area contributed by atoms with Crippen LogP contribution in [0.1, 0.15) is 18.4 Å². The van der Waals surface area contributed by atoms with Gasteiger partial charge in [0.25, 0.3) is 5.56 Å². The number of aryl methyl sites for hydroxylation is 1. The first-order chi connectivity index (χ1) is 16.5. The first-order valence-corrected chi connectivity index (χ1v) is 11.9. The molecule has 1 aliphatic rings. The second-order valence-electron chi connectivity index (χ2n) is 8.87. The third kappa shape index (κ3) is 5.21. The molecule has 35 heavy (non-hydrogen) atoms. The number of piperidine rings is 1. The van der Waals surface area contributed by atoms with Crippen LogP contribution in [0.3, 0.4) is 0 Å². The number of fused-ring (bicyclic) bond motifs is 1. The van der Waals surface area contributed by atoms with Gasteiger partial charge in [0.1, 0.15) is 5.69 Å². The summed E-state index contributed by atoms with van der Waals surface area (Å²) in [4.78, 5) is 31.6. The van der Waals surface area contributed by atoms with Gasteiger partial charge in [0, 0.05) is 40.3 Å². The van der Waals surface area contributed by atoms with Gasteiger partial charge in [0.15, 0.2) is 0 Å². The Hall–Kier alpha value is -3.28. The Morgan fingerprint density at radius 1 is 1.06 bits per heavy atom. The van der Waals surface area contributed by atoms with Crippen LogP contribution in [-0.4, -0.2) is 24.0 Å². The van der Waals surface area contributed by atoms with Crippen LogP contribution in [0.5, 0.6) is 0 Å². The van der Waals surface area contributed by atoms with Gasteiger partial charge in [-0.15, -0.1) is 0 Å². The Kier molecular flexibility index (Phi) is 7.48. The minimum absolute atomic E-state index is 0. The number of aromatic nitrogens is 1. The highest BCUT2D eigenvalue weighted by atomic mass is 35.5. The molecular formula is C28H26Cl2N3O2-. The van der Waals surface area contributed by atoms with Gasteiger partial charge in [-0.05, 0) is 55.7 Å². The molecule has 4 aromatic rings. The maximum absolute atomic E-state index is 13.4. The third-order valence-corrected chi connectivity index (χ3v) is 6.68. The van der Waals surface area contributed by atoms with Crippen molar-refractivity contribution in [2.24, 2.45) is 5.92 Å². The fourth-order valence-corrected chi connectivity index (χ4v) is 4.90. The minimum atomic E-state index is -0.215. The van der Waals surface area contributed by atoms with Crippen molar-refractivity contribution in [3.63, 3.8) is 0 Å². The van der Waals surface area contributed by atoms with Gasteiger partial charge in [0.05, 0.1) is 5.92 Å². The van der Waals surface area contributed by atoms with Gasteiger partial charge in [-0.2, -0.15) is 0 Å². The highest BCUT2D eigenvalue weighted by Crippen LogP contribution is 2.37. The lowest BCUT2D eigenvalue weighted by Gasteiger charge is -2.34. The fourth-order valence-electron chi connectivity index (χ4n) is 4.73. The molecule has 0 spiro atoms. The van der Waals surface area contributed by atoms with Gasteiger partial charge in [-0.25, -0.2) is 0 Å². The number of carbonyl (C=O) groups excluding carboxylic acids is 1. The van der Waals surface area contributed by atoms with Gasteiger partial charge in [-0.3, -0.25) is 9.59 Å². The highest BCUT2D eigenvalue weighted by Gasteiger charge is 2.29. The van der Waals surface area contributed by atoms with Gasteiger partial charge in [-0.1, -0.05) is 59.6 Å². The minimum Gasteiger partial charge on any atom is -1.00 e. The van der Waals surface area contributed by atoms with Gasteiger partial charge < -0.3 is 27.6 Å². The Morgan fingerprint density at radius 3 is 2.54 bits per heavy atom. The summed E-state index contributed by atoms with van der Waals surface area (Å²) in [7, 11) is 0. The molecule has 1 saturated heterocycles. The van der Waals surface area contributed by atoms with Gasteiger partial charge >= 0.3 is 0 Å². The van der Waals surface area contributed by atoms with Crippen molar-refractivity contribution < 1.29 is 17.2 Å². The number of anilines is 2. The van der Waals surface area contributed by atoms with E-state index in [1.165, 1.54) is 0 Å². The van der Waals surface area contributed by atoms with Crippen LogP contribution in [0.4, 0.5) is 11.4 Å². The lowest BCUT2D eigenvalue weighted by atomic mass is 9.93. The predicted molar refractivity (Wildman–Crippen MR) is 140 cm³/mol. The Labute approximate surface area is 215 Å². The molecule has 5 rings (SSSR count). The van der Waals surface area contributed by atoms with E-state index in [1.54, 1.807) is 6.07 Å². The number of nitrogens with zero attached hydrogens (tertiary/aromatic N) is 1. The van der Waals surface area contributed by atoms with E-state index in [0.29, 0.717) is 23.8 Å². The second-order valence-corrected chi connectivity index (χ2v) is 9.31. The number of nitrogens with one attached hydrogen (secondary N) is 2. The fraction of sp³-hybridized carbons (Fsp3) is 0.214. The number of pyridine rings is 1. The number of rotatable bonds is 4. The molecule has 7 heteroatoms. The normalized spacial score (nSPS) is 15.5. The zero-order chi connectivity index (χ0) is 23.7. The average Bonchev–Trinajstić information content (AvgIpc) is 2.85. The summed E-state index contributed by atoms with van der Waals surface area (Å²) in [5, 5.41) is 4.54. The van der Waals surface area contributed by atoms with Crippen molar-refractivity contribution in [3.8, 4) is 11.1 Å². The molecule has 1 atom stereocenters. The predicted octanol–water partition coefficient (Wildman–Crippen LogP) is 3.02. The summed E-state index contributed by atoms with van der Waals surface area (Å²) in [6.07, 6.45) is 1.61. The number of benzene rings is 3. The van der Waals surface area contributed by atoms with E-state index in [1.807, 2.05) is 73.7 Å². The summed E-state index contributed by atoms with van der Waals surface area (Å²) >= 11 is 6.35. The summed E-state index contributed by atoms with van der Waals surface area (Å²) in [6, 6.07) is 23.2. The standard InChI is InChI=1S/C28H26ClN3O2.ClH/c1-18-9-12-22(13-10-18)30-27(33)20-8-5-15-32(17-20)26-25(19-6-3-2-4-7-19)23-16-21(29)11-14-24(23)31-28(26)34;/h2-4,6-7,9-14,16,20H,5,8,15,17H2,1H3,(H,30,33)(H,31,34);1H/p-1. The first-order valence-electron chi connectivity index (χ1n) is 11.5. The van der Waals surface area contributed by atoms with E-state index in [0.717, 1.165) is 46.1 Å². The zero-order valence-electron chi connectivity index (χ0n) is 19.4. The number of halogens is 2. The summed E-state index contributed by atoms with van der Waals surface area (Å²) in [5.41, 5.74) is 4.90. The number of aromatic amines is 1. The molecule has 1 aliphatic heterocycles. The number of hydrogen-bond donors (Lipinski definition) is 2. The van der Waals surface area contributed by atoms with E-state index in [-0.39, 0.29) is 29.8 Å². The lowest BCUT2D eigenvalue weighted by Crippen LogP contribution is -3.00. The average molecular weight is 507 g/mol. The van der Waals surface area contributed by atoms with Crippen molar-refractivity contribution in [1.29, 1.82) is 0 Å². The van der Waals surface area contributed by atoms with E-state index in [2.05, 4.69) is 15.2 Å². The van der Waals surface area contributed by atoms with Crippen LogP contribution in [-0.2, 0) is 4.79 Å². The van der Waals surface area contributed by atoms with Crippen LogP contribution in [0, 0.1) is 12.8 Å². The first kappa shape index (κ1) is 24.8. The molecule has 0 bridgehead atoms. The molecule has 1 fully saturated rings. The molecule has 0 saturated carbocycles. The Morgan fingerprint density at radius 2 is 1.80 bits per heavy atom. The molecular weight excluding hydrogens is 481 g/mol. The smallest absolute Gasteiger partial charge is 0.272 e. The molecule has 0 aliphatic carbocycles. The summed E-state index contributed by atoms with van der Waals surface area (Å²) in [5.74, 6) is -0.233. The van der Waals surface area contributed by atoms with Crippen LogP contribution in [0.2, 0.25) is 5.02 Å². The SMILES string of the molecule is Cc1ccc(NC(=O)C2CCCN(c3c(-c4ccccc4)c4cc(Cl)ccc4[nH]c3=O)C2)cc1.[Cl-]. The molecule has 2 heterocycles. The summed E-state index contributed by atoms with van der Waals surface area (Å²) in [6.45, 7) is 3.21. The topological polar surface area (TPSA) is 65.2 Å². The zero-order valence-corrected chi connectivity index (χ0v) is 20.9. The molecule has 5 nitrogen and oxygen atoms in total. The molecule has 0 radical (unpaired) electrons. The van der Waals surface area contributed by atoms with E-state index in [9.17, 15) is 9.59 Å². The van der Waals surface area contributed by atoms with Crippen molar-refractivity contribution in [2.45, 2.75) is 19.8 Å². The number of carbonyl (C=O) groups is 1.